The molecule has 0 fully saturated rings. The number of nitrogens with zero attached hydrogens (tertiary/aromatic N) is 5. The Morgan fingerprint density at radius 3 is 2.68 bits per heavy atom. The number of urea groups is 1. The number of aryl methyl sites for hydroxylation is 1. The molecule has 4 rings (SSSR count). The van der Waals surface area contributed by atoms with E-state index < -0.39 is 6.04 Å². The smallest absolute Gasteiger partial charge is 0.315 e. The number of carbonyl (C=O) groups excluding carboxylic acids is 1. The maximum absolute atomic E-state index is 12.9. The Morgan fingerprint density at radius 1 is 1.06 bits per heavy atom. The van der Waals surface area contributed by atoms with Gasteiger partial charge in [-0.25, -0.2) is 19.4 Å². The van der Waals surface area contributed by atoms with Crippen LogP contribution in [0.25, 0.3) is 5.82 Å². The summed E-state index contributed by atoms with van der Waals surface area (Å²) in [7, 11) is 3.49. The average molecular weight is 417 g/mol. The summed E-state index contributed by atoms with van der Waals surface area (Å²) >= 11 is 0. The lowest BCUT2D eigenvalue weighted by Crippen LogP contribution is -2.39. The molecule has 2 amide bonds. The van der Waals surface area contributed by atoms with E-state index in [1.807, 2.05) is 66.5 Å². The highest BCUT2D eigenvalue weighted by Crippen LogP contribution is 2.28. The Morgan fingerprint density at radius 2 is 1.94 bits per heavy atom. The second-order valence-corrected chi connectivity index (χ2v) is 6.84. The van der Waals surface area contributed by atoms with Crippen LogP contribution in [0.3, 0.4) is 0 Å². The van der Waals surface area contributed by atoms with Gasteiger partial charge in [-0.3, -0.25) is 0 Å². The molecule has 3 heterocycles. The average Bonchev–Trinajstić information content (AvgIpc) is 3.48. The van der Waals surface area contributed by atoms with Crippen LogP contribution < -0.4 is 15.4 Å². The van der Waals surface area contributed by atoms with Crippen LogP contribution in [0.5, 0.6) is 5.75 Å². The first-order valence-corrected chi connectivity index (χ1v) is 9.75. The standard InChI is InChI=1S/C22H23N7O2/c1-28-14-12-24-21(28)19(17-8-3-4-9-18(17)31-2)27-22(30)25-15-16-7-5-10-23-20(16)29-13-6-11-26-29/h3-14,19H,15H2,1-2H3,(H2,25,27,30). The molecule has 0 saturated heterocycles. The number of para-hydroxylation sites is 1. The van der Waals surface area contributed by atoms with E-state index in [0.29, 0.717) is 17.4 Å². The highest BCUT2D eigenvalue weighted by molar-refractivity contribution is 5.75. The quantitative estimate of drug-likeness (QED) is 0.482. The number of amides is 2. The summed E-state index contributed by atoms with van der Waals surface area (Å²) in [6.45, 7) is 0.286. The van der Waals surface area contributed by atoms with Gasteiger partial charge in [0.15, 0.2) is 5.82 Å². The highest BCUT2D eigenvalue weighted by atomic mass is 16.5. The lowest BCUT2D eigenvalue weighted by Gasteiger charge is -2.21. The Balaban J connectivity index is 1.54. The molecule has 1 aromatic carbocycles. The molecular weight excluding hydrogens is 394 g/mol. The van der Waals surface area contributed by atoms with Crippen molar-refractivity contribution in [3.8, 4) is 11.6 Å². The van der Waals surface area contributed by atoms with Gasteiger partial charge < -0.3 is 19.9 Å². The number of benzene rings is 1. The Hall–Kier alpha value is -4.14. The van der Waals surface area contributed by atoms with Crippen molar-refractivity contribution < 1.29 is 9.53 Å². The zero-order valence-corrected chi connectivity index (χ0v) is 17.3. The van der Waals surface area contributed by atoms with E-state index in [2.05, 4.69) is 25.7 Å². The van der Waals surface area contributed by atoms with Gasteiger partial charge >= 0.3 is 6.03 Å². The molecule has 0 bridgehead atoms. The number of carbonyl (C=O) groups is 1. The van der Waals surface area contributed by atoms with Crippen LogP contribution in [0.1, 0.15) is 23.0 Å². The van der Waals surface area contributed by atoms with Gasteiger partial charge in [0, 0.05) is 55.7 Å². The molecule has 0 spiro atoms. The Kier molecular flexibility index (Phi) is 5.93. The summed E-state index contributed by atoms with van der Waals surface area (Å²) in [5, 5.41) is 10.2. The molecule has 158 valence electrons. The molecule has 0 saturated carbocycles. The normalized spacial score (nSPS) is 11.7. The molecule has 2 N–H and O–H groups in total. The molecule has 9 heteroatoms. The van der Waals surface area contributed by atoms with Crippen LogP contribution in [-0.2, 0) is 13.6 Å². The van der Waals surface area contributed by atoms with Crippen molar-refractivity contribution in [3.63, 3.8) is 0 Å². The number of hydrogen-bond acceptors (Lipinski definition) is 5. The second-order valence-electron chi connectivity index (χ2n) is 6.84. The predicted octanol–water partition coefficient (Wildman–Crippen LogP) is 2.60. The molecule has 4 aromatic rings. The lowest BCUT2D eigenvalue weighted by molar-refractivity contribution is 0.237. The SMILES string of the molecule is COc1ccccc1C(NC(=O)NCc1cccnc1-n1cccn1)c1nccn1C. The van der Waals surface area contributed by atoms with Gasteiger partial charge in [-0.1, -0.05) is 24.3 Å². The van der Waals surface area contributed by atoms with E-state index in [4.69, 9.17) is 4.74 Å². The Bertz CT molecular complexity index is 1150. The number of pyridine rings is 1. The number of aromatic nitrogens is 5. The first kappa shape index (κ1) is 20.1. The first-order valence-electron chi connectivity index (χ1n) is 9.75. The van der Waals surface area contributed by atoms with Crippen molar-refractivity contribution in [3.05, 3.63) is 90.4 Å². The molecule has 0 aliphatic carbocycles. The summed E-state index contributed by atoms with van der Waals surface area (Å²) < 4.78 is 9.04. The minimum Gasteiger partial charge on any atom is -0.496 e. The van der Waals surface area contributed by atoms with Crippen molar-refractivity contribution in [1.29, 1.82) is 0 Å². The molecule has 3 aromatic heterocycles. The van der Waals surface area contributed by atoms with Gasteiger partial charge in [0.25, 0.3) is 0 Å². The van der Waals surface area contributed by atoms with Crippen LogP contribution in [0.2, 0.25) is 0 Å². The lowest BCUT2D eigenvalue weighted by atomic mass is 10.0. The molecule has 1 atom stereocenters. The maximum atomic E-state index is 12.9. The van der Waals surface area contributed by atoms with Crippen LogP contribution in [-0.4, -0.2) is 37.5 Å². The van der Waals surface area contributed by atoms with Crippen molar-refractivity contribution >= 4 is 6.03 Å². The van der Waals surface area contributed by atoms with Gasteiger partial charge in [-0.15, -0.1) is 0 Å². The van der Waals surface area contributed by atoms with Gasteiger partial charge in [-0.2, -0.15) is 5.10 Å². The third-order valence-corrected chi connectivity index (χ3v) is 4.87. The van der Waals surface area contributed by atoms with Crippen LogP contribution >= 0.6 is 0 Å². The van der Waals surface area contributed by atoms with E-state index >= 15 is 0 Å². The van der Waals surface area contributed by atoms with Crippen molar-refractivity contribution in [1.82, 2.24) is 34.9 Å². The third-order valence-electron chi connectivity index (χ3n) is 4.87. The number of imidazole rings is 1. The zero-order chi connectivity index (χ0) is 21.6. The molecular formula is C22H23N7O2. The van der Waals surface area contributed by atoms with E-state index in [9.17, 15) is 4.79 Å². The fourth-order valence-corrected chi connectivity index (χ4v) is 3.37. The number of nitrogens with one attached hydrogen (secondary N) is 2. The summed E-state index contributed by atoms with van der Waals surface area (Å²) in [6, 6.07) is 12.3. The molecule has 9 nitrogen and oxygen atoms in total. The van der Waals surface area contributed by atoms with Crippen LogP contribution in [0.4, 0.5) is 4.79 Å². The predicted molar refractivity (Wildman–Crippen MR) is 115 cm³/mol. The molecule has 0 aliphatic heterocycles. The van der Waals surface area contributed by atoms with Crippen molar-refractivity contribution in [2.45, 2.75) is 12.6 Å². The summed E-state index contributed by atoms with van der Waals surface area (Å²) in [5.74, 6) is 2.03. The van der Waals surface area contributed by atoms with E-state index in [0.717, 1.165) is 11.1 Å². The largest absolute Gasteiger partial charge is 0.496 e. The van der Waals surface area contributed by atoms with Gasteiger partial charge in [0.2, 0.25) is 0 Å². The number of hydrogen-bond donors (Lipinski definition) is 2. The summed E-state index contributed by atoms with van der Waals surface area (Å²) in [4.78, 5) is 21.7. The van der Waals surface area contributed by atoms with Crippen molar-refractivity contribution in [2.24, 2.45) is 7.05 Å². The fourth-order valence-electron chi connectivity index (χ4n) is 3.37. The van der Waals surface area contributed by atoms with E-state index in [1.165, 1.54) is 0 Å². The van der Waals surface area contributed by atoms with Crippen LogP contribution in [0, 0.1) is 0 Å². The van der Waals surface area contributed by atoms with Crippen molar-refractivity contribution in [2.75, 3.05) is 7.11 Å². The molecule has 0 radical (unpaired) electrons. The van der Waals surface area contributed by atoms with Gasteiger partial charge in [0.05, 0.1) is 7.11 Å². The topological polar surface area (TPSA) is 98.9 Å². The van der Waals surface area contributed by atoms with Crippen LogP contribution in [0.15, 0.2) is 73.4 Å². The van der Waals surface area contributed by atoms with Gasteiger partial charge in [-0.05, 0) is 18.2 Å². The third kappa shape index (κ3) is 4.40. The maximum Gasteiger partial charge on any atom is 0.315 e. The van der Waals surface area contributed by atoms with Gasteiger partial charge in [0.1, 0.15) is 17.6 Å². The molecule has 1 unspecified atom stereocenters. The monoisotopic (exact) mass is 417 g/mol. The fraction of sp³-hybridized carbons (Fsp3) is 0.182. The highest BCUT2D eigenvalue weighted by Gasteiger charge is 2.24. The first-order chi connectivity index (χ1) is 15.2. The molecule has 31 heavy (non-hydrogen) atoms. The zero-order valence-electron chi connectivity index (χ0n) is 17.3. The van der Waals surface area contributed by atoms with E-state index in [1.54, 1.807) is 30.4 Å². The Labute approximate surface area is 179 Å². The summed E-state index contributed by atoms with van der Waals surface area (Å²) in [6.07, 6.45) is 8.72. The van der Waals surface area contributed by atoms with E-state index in [-0.39, 0.29) is 12.6 Å². The summed E-state index contributed by atoms with van der Waals surface area (Å²) in [5.41, 5.74) is 1.65. The number of rotatable bonds is 7. The second kappa shape index (κ2) is 9.12. The minimum atomic E-state index is -0.490. The molecule has 0 aliphatic rings. The number of ether oxygens (including phenoxy) is 1. The number of methoxy groups -OCH3 is 1. The minimum absolute atomic E-state index is 0.286.